The summed E-state index contributed by atoms with van der Waals surface area (Å²) in [5.74, 6) is 0.620. The topological polar surface area (TPSA) is 51.2 Å². The number of benzene rings is 1. The van der Waals surface area contributed by atoms with E-state index in [4.69, 9.17) is 4.74 Å². The highest BCUT2D eigenvalue weighted by molar-refractivity contribution is 5.80. The molecule has 0 aliphatic heterocycles. The first-order valence-electron chi connectivity index (χ1n) is 6.97. The standard InChI is InChI=1S/C17H20N2O2/c1-12-4-5-13(2)16(10-12)21-14(3)17(20)19-11-15-6-8-18-9-7-15/h4-10,14H,11H2,1-3H3,(H,19,20). The Morgan fingerprint density at radius 1 is 1.24 bits per heavy atom. The minimum Gasteiger partial charge on any atom is -0.481 e. The Morgan fingerprint density at radius 2 is 1.95 bits per heavy atom. The summed E-state index contributed by atoms with van der Waals surface area (Å²) < 4.78 is 5.75. The Hall–Kier alpha value is -2.36. The molecule has 1 heterocycles. The summed E-state index contributed by atoms with van der Waals surface area (Å²) in [5, 5.41) is 2.86. The van der Waals surface area contributed by atoms with Gasteiger partial charge in [-0.3, -0.25) is 9.78 Å². The molecule has 0 fully saturated rings. The molecule has 2 rings (SSSR count). The van der Waals surface area contributed by atoms with Gasteiger partial charge in [0, 0.05) is 18.9 Å². The van der Waals surface area contributed by atoms with Crippen LogP contribution in [0.4, 0.5) is 0 Å². The first kappa shape index (κ1) is 15.0. The van der Waals surface area contributed by atoms with Crippen LogP contribution in [-0.4, -0.2) is 17.0 Å². The number of carbonyl (C=O) groups excluding carboxylic acids is 1. The quantitative estimate of drug-likeness (QED) is 0.918. The molecule has 110 valence electrons. The van der Waals surface area contributed by atoms with E-state index in [9.17, 15) is 4.79 Å². The lowest BCUT2D eigenvalue weighted by Gasteiger charge is -2.16. The molecule has 0 aliphatic carbocycles. The molecule has 1 amide bonds. The summed E-state index contributed by atoms with van der Waals surface area (Å²) in [7, 11) is 0. The summed E-state index contributed by atoms with van der Waals surface area (Å²) >= 11 is 0. The van der Waals surface area contributed by atoms with Crippen molar-refractivity contribution in [3.05, 3.63) is 59.4 Å². The predicted octanol–water partition coefficient (Wildman–Crippen LogP) is 2.78. The van der Waals surface area contributed by atoms with E-state index in [-0.39, 0.29) is 5.91 Å². The Bertz CT molecular complexity index is 611. The SMILES string of the molecule is Cc1ccc(C)c(OC(C)C(=O)NCc2ccncc2)c1. The van der Waals surface area contributed by atoms with Crippen LogP contribution in [-0.2, 0) is 11.3 Å². The van der Waals surface area contributed by atoms with Gasteiger partial charge < -0.3 is 10.1 Å². The van der Waals surface area contributed by atoms with Crippen molar-refractivity contribution in [2.75, 3.05) is 0 Å². The van der Waals surface area contributed by atoms with Gasteiger partial charge >= 0.3 is 0 Å². The van der Waals surface area contributed by atoms with Crippen molar-refractivity contribution in [3.63, 3.8) is 0 Å². The number of amides is 1. The third-order valence-corrected chi connectivity index (χ3v) is 3.23. The number of pyridine rings is 1. The maximum absolute atomic E-state index is 12.1. The Morgan fingerprint density at radius 3 is 2.67 bits per heavy atom. The van der Waals surface area contributed by atoms with E-state index in [2.05, 4.69) is 10.3 Å². The van der Waals surface area contributed by atoms with Crippen LogP contribution in [0.15, 0.2) is 42.7 Å². The molecule has 1 N–H and O–H groups in total. The van der Waals surface area contributed by atoms with Crippen LogP contribution in [0.1, 0.15) is 23.6 Å². The van der Waals surface area contributed by atoms with Gasteiger partial charge in [-0.05, 0) is 55.7 Å². The van der Waals surface area contributed by atoms with E-state index in [1.54, 1.807) is 19.3 Å². The highest BCUT2D eigenvalue weighted by Gasteiger charge is 2.15. The summed E-state index contributed by atoms with van der Waals surface area (Å²) in [6.45, 7) is 6.20. The third kappa shape index (κ3) is 4.31. The van der Waals surface area contributed by atoms with Gasteiger partial charge in [0.05, 0.1) is 0 Å². The van der Waals surface area contributed by atoms with Gasteiger partial charge in [-0.25, -0.2) is 0 Å². The first-order valence-corrected chi connectivity index (χ1v) is 6.97. The molecule has 1 aromatic heterocycles. The van der Waals surface area contributed by atoms with Crippen molar-refractivity contribution in [1.29, 1.82) is 0 Å². The number of rotatable bonds is 5. The van der Waals surface area contributed by atoms with E-state index < -0.39 is 6.10 Å². The van der Waals surface area contributed by atoms with Crippen LogP contribution < -0.4 is 10.1 Å². The van der Waals surface area contributed by atoms with Crippen molar-refractivity contribution in [2.45, 2.75) is 33.4 Å². The Balaban J connectivity index is 1.92. The van der Waals surface area contributed by atoms with Crippen LogP contribution in [0.2, 0.25) is 0 Å². The lowest BCUT2D eigenvalue weighted by molar-refractivity contribution is -0.127. The number of nitrogens with zero attached hydrogens (tertiary/aromatic N) is 1. The van der Waals surface area contributed by atoms with Crippen LogP contribution in [0.3, 0.4) is 0 Å². The molecule has 0 radical (unpaired) electrons. The number of nitrogens with one attached hydrogen (secondary N) is 1. The average Bonchev–Trinajstić information content (AvgIpc) is 2.49. The molecule has 4 nitrogen and oxygen atoms in total. The maximum Gasteiger partial charge on any atom is 0.261 e. The number of ether oxygens (including phenoxy) is 1. The predicted molar refractivity (Wildman–Crippen MR) is 82.1 cm³/mol. The highest BCUT2D eigenvalue weighted by atomic mass is 16.5. The van der Waals surface area contributed by atoms with Gasteiger partial charge in [-0.1, -0.05) is 12.1 Å². The van der Waals surface area contributed by atoms with Gasteiger partial charge in [0.1, 0.15) is 5.75 Å². The third-order valence-electron chi connectivity index (χ3n) is 3.23. The highest BCUT2D eigenvalue weighted by Crippen LogP contribution is 2.20. The van der Waals surface area contributed by atoms with Crippen LogP contribution in [0, 0.1) is 13.8 Å². The Labute approximate surface area is 125 Å². The number of carbonyl (C=O) groups is 1. The number of aromatic nitrogens is 1. The summed E-state index contributed by atoms with van der Waals surface area (Å²) in [4.78, 5) is 16.0. The molecule has 4 heteroatoms. The van der Waals surface area contributed by atoms with Crippen LogP contribution in [0.5, 0.6) is 5.75 Å². The molecular weight excluding hydrogens is 264 g/mol. The molecule has 21 heavy (non-hydrogen) atoms. The van der Waals surface area contributed by atoms with E-state index in [0.717, 1.165) is 22.4 Å². The van der Waals surface area contributed by atoms with E-state index in [1.807, 2.05) is 44.2 Å². The molecular formula is C17H20N2O2. The smallest absolute Gasteiger partial charge is 0.261 e. The van der Waals surface area contributed by atoms with Crippen molar-refractivity contribution in [1.82, 2.24) is 10.3 Å². The Kier molecular flexibility index (Phi) is 4.93. The summed E-state index contributed by atoms with van der Waals surface area (Å²) in [5.41, 5.74) is 3.15. The molecule has 1 aromatic carbocycles. The fraction of sp³-hybridized carbons (Fsp3) is 0.294. The van der Waals surface area contributed by atoms with Gasteiger partial charge in [0.25, 0.3) is 5.91 Å². The van der Waals surface area contributed by atoms with Gasteiger partial charge in [-0.15, -0.1) is 0 Å². The zero-order chi connectivity index (χ0) is 15.2. The molecule has 0 saturated heterocycles. The lowest BCUT2D eigenvalue weighted by atomic mass is 10.1. The van der Waals surface area contributed by atoms with Crippen molar-refractivity contribution < 1.29 is 9.53 Å². The van der Waals surface area contributed by atoms with Gasteiger partial charge in [-0.2, -0.15) is 0 Å². The zero-order valence-electron chi connectivity index (χ0n) is 12.6. The number of aryl methyl sites for hydroxylation is 2. The van der Waals surface area contributed by atoms with Gasteiger partial charge in [0.2, 0.25) is 0 Å². The van der Waals surface area contributed by atoms with E-state index >= 15 is 0 Å². The fourth-order valence-electron chi connectivity index (χ4n) is 1.91. The van der Waals surface area contributed by atoms with Crippen molar-refractivity contribution >= 4 is 5.91 Å². The maximum atomic E-state index is 12.1. The monoisotopic (exact) mass is 284 g/mol. The normalized spacial score (nSPS) is 11.8. The fourth-order valence-corrected chi connectivity index (χ4v) is 1.91. The second kappa shape index (κ2) is 6.88. The molecule has 1 atom stereocenters. The number of hydrogen-bond donors (Lipinski definition) is 1. The van der Waals surface area contributed by atoms with Gasteiger partial charge in [0.15, 0.2) is 6.10 Å². The lowest BCUT2D eigenvalue weighted by Crippen LogP contribution is -2.36. The first-order chi connectivity index (χ1) is 10.1. The van der Waals surface area contributed by atoms with E-state index in [1.165, 1.54) is 0 Å². The molecule has 1 unspecified atom stereocenters. The second-order valence-electron chi connectivity index (χ2n) is 5.10. The van der Waals surface area contributed by atoms with Crippen LogP contribution in [0.25, 0.3) is 0 Å². The van der Waals surface area contributed by atoms with E-state index in [0.29, 0.717) is 6.54 Å². The largest absolute Gasteiger partial charge is 0.481 e. The van der Waals surface area contributed by atoms with Crippen LogP contribution >= 0.6 is 0 Å². The summed E-state index contributed by atoms with van der Waals surface area (Å²) in [6, 6.07) is 9.71. The molecule has 0 saturated carbocycles. The number of hydrogen-bond acceptors (Lipinski definition) is 3. The summed E-state index contributed by atoms with van der Waals surface area (Å²) in [6.07, 6.45) is 2.88. The zero-order valence-corrected chi connectivity index (χ0v) is 12.6. The minimum absolute atomic E-state index is 0.132. The molecule has 0 spiro atoms. The molecule has 0 bridgehead atoms. The second-order valence-corrected chi connectivity index (χ2v) is 5.10. The minimum atomic E-state index is -0.535. The molecule has 0 aliphatic rings. The van der Waals surface area contributed by atoms with Crippen molar-refractivity contribution in [3.8, 4) is 5.75 Å². The molecule has 2 aromatic rings. The average molecular weight is 284 g/mol. The van der Waals surface area contributed by atoms with Crippen molar-refractivity contribution in [2.24, 2.45) is 0 Å².